The minimum absolute atomic E-state index is 0.0615. The number of amides is 1. The highest BCUT2D eigenvalue weighted by atomic mass is 16.3. The maximum atomic E-state index is 14.2. The van der Waals surface area contributed by atoms with Crippen LogP contribution < -0.4 is 0 Å². The Morgan fingerprint density at radius 1 is 1.12 bits per heavy atom. The minimum atomic E-state index is -0.351. The lowest BCUT2D eigenvalue weighted by molar-refractivity contribution is -0.137. The number of fused-ring (bicyclic) bond motifs is 5. The van der Waals surface area contributed by atoms with Crippen molar-refractivity contribution in [2.75, 3.05) is 13.6 Å². The first kappa shape index (κ1) is 30.7. The number of phenols is 1. The van der Waals surface area contributed by atoms with Gasteiger partial charge in [-0.25, -0.2) is 0 Å². The van der Waals surface area contributed by atoms with E-state index in [2.05, 4.69) is 32.8 Å². The van der Waals surface area contributed by atoms with E-state index in [0.717, 1.165) is 57.1 Å². The van der Waals surface area contributed by atoms with Gasteiger partial charge < -0.3 is 15.1 Å². The van der Waals surface area contributed by atoms with Crippen molar-refractivity contribution in [2.45, 2.75) is 123 Å². The molecule has 1 fully saturated rings. The number of nitrogens with zero attached hydrogens (tertiary/aromatic N) is 1. The molecule has 0 spiro atoms. The molecule has 3 aliphatic rings. The minimum Gasteiger partial charge on any atom is -0.507 e. The maximum absolute atomic E-state index is 14.2. The van der Waals surface area contributed by atoms with Gasteiger partial charge in [-0.3, -0.25) is 4.79 Å². The molecule has 3 unspecified atom stereocenters. The van der Waals surface area contributed by atoms with Crippen LogP contribution in [0, 0.1) is 35.5 Å². The summed E-state index contributed by atoms with van der Waals surface area (Å²) in [5.74, 6) is 3.70. The number of carbonyl (C=O) groups is 1. The number of phenolic OH excluding ortho intramolecular Hbond substituents is 1. The van der Waals surface area contributed by atoms with Crippen molar-refractivity contribution in [1.82, 2.24) is 4.90 Å². The van der Waals surface area contributed by atoms with Gasteiger partial charge in [0.2, 0.25) is 5.91 Å². The SMILES string of the molecule is C#Cc1cc2c(cc1O)C[C@H](C(CCCCCCCCC)C(=O)N(C)CCCC)C1C3=CC[C@H](O)[C@@]3(C)CCC21. The van der Waals surface area contributed by atoms with E-state index in [1.165, 1.54) is 49.7 Å². The zero-order valence-electron chi connectivity index (χ0n) is 25.6. The number of rotatable bonds is 13. The zero-order chi connectivity index (χ0) is 28.9. The molecule has 220 valence electrons. The third kappa shape index (κ3) is 6.15. The number of aromatic hydroxyl groups is 1. The molecule has 0 radical (unpaired) electrons. The summed E-state index contributed by atoms with van der Waals surface area (Å²) >= 11 is 0. The quantitative estimate of drug-likeness (QED) is 0.151. The predicted molar refractivity (Wildman–Crippen MR) is 164 cm³/mol. The molecule has 1 saturated carbocycles. The molecule has 0 heterocycles. The maximum Gasteiger partial charge on any atom is 0.225 e. The van der Waals surface area contributed by atoms with E-state index >= 15 is 0 Å². The molecule has 2 N–H and O–H groups in total. The van der Waals surface area contributed by atoms with Crippen LogP contribution in [0.5, 0.6) is 5.75 Å². The number of terminal acetylenes is 1. The van der Waals surface area contributed by atoms with Crippen molar-refractivity contribution in [2.24, 2.45) is 23.2 Å². The van der Waals surface area contributed by atoms with Crippen molar-refractivity contribution < 1.29 is 15.0 Å². The van der Waals surface area contributed by atoms with E-state index in [4.69, 9.17) is 6.42 Å². The van der Waals surface area contributed by atoms with Gasteiger partial charge in [-0.2, -0.15) is 0 Å². The van der Waals surface area contributed by atoms with E-state index in [-0.39, 0.29) is 46.8 Å². The number of hydrogen-bond donors (Lipinski definition) is 2. The van der Waals surface area contributed by atoms with Crippen molar-refractivity contribution >= 4 is 5.91 Å². The third-order valence-corrected chi connectivity index (χ3v) is 10.6. The second-order valence-corrected chi connectivity index (χ2v) is 13.2. The Kier molecular flexibility index (Phi) is 10.4. The molecule has 0 saturated heterocycles. The Bertz CT molecular complexity index is 1100. The second kappa shape index (κ2) is 13.6. The molecule has 1 aromatic carbocycles. The first-order valence-corrected chi connectivity index (χ1v) is 16.2. The average Bonchev–Trinajstić information content (AvgIpc) is 3.26. The van der Waals surface area contributed by atoms with Gasteiger partial charge >= 0.3 is 0 Å². The number of hydrogen-bond acceptors (Lipinski definition) is 3. The fourth-order valence-corrected chi connectivity index (χ4v) is 8.17. The highest BCUT2D eigenvalue weighted by molar-refractivity contribution is 5.79. The van der Waals surface area contributed by atoms with Crippen molar-refractivity contribution in [3.63, 3.8) is 0 Å². The molecule has 40 heavy (non-hydrogen) atoms. The van der Waals surface area contributed by atoms with Crippen LogP contribution in [-0.4, -0.2) is 40.7 Å². The highest BCUT2D eigenvalue weighted by Gasteiger charge is 2.54. The number of aliphatic hydroxyl groups excluding tert-OH is 1. The highest BCUT2D eigenvalue weighted by Crippen LogP contribution is 2.61. The van der Waals surface area contributed by atoms with E-state index in [1.807, 2.05) is 24.1 Å². The molecule has 4 nitrogen and oxygen atoms in total. The molecule has 1 amide bonds. The normalized spacial score (nSPS) is 27.6. The van der Waals surface area contributed by atoms with Gasteiger partial charge in [0, 0.05) is 24.9 Å². The summed E-state index contributed by atoms with van der Waals surface area (Å²) in [6, 6.07) is 3.92. The van der Waals surface area contributed by atoms with E-state index in [0.29, 0.717) is 12.0 Å². The Morgan fingerprint density at radius 3 is 2.52 bits per heavy atom. The monoisotopic (exact) mass is 547 g/mol. The number of aliphatic hydroxyl groups is 1. The molecule has 3 aliphatic carbocycles. The average molecular weight is 548 g/mol. The van der Waals surface area contributed by atoms with E-state index in [1.54, 1.807) is 0 Å². The summed E-state index contributed by atoms with van der Waals surface area (Å²) in [4.78, 5) is 16.2. The molecule has 4 heteroatoms. The molecule has 0 aromatic heterocycles. The van der Waals surface area contributed by atoms with Crippen LogP contribution >= 0.6 is 0 Å². The van der Waals surface area contributed by atoms with Gasteiger partial charge in [0.1, 0.15) is 5.75 Å². The lowest BCUT2D eigenvalue weighted by atomic mass is 9.52. The van der Waals surface area contributed by atoms with Crippen molar-refractivity contribution in [3.05, 3.63) is 40.5 Å². The van der Waals surface area contributed by atoms with Gasteiger partial charge in [-0.1, -0.05) is 89.7 Å². The van der Waals surface area contributed by atoms with Crippen LogP contribution in [-0.2, 0) is 11.2 Å². The summed E-state index contributed by atoms with van der Waals surface area (Å²) in [5.41, 5.74) is 4.11. The van der Waals surface area contributed by atoms with Gasteiger partial charge in [-0.15, -0.1) is 6.42 Å². The van der Waals surface area contributed by atoms with Crippen LogP contribution in [0.15, 0.2) is 23.8 Å². The third-order valence-electron chi connectivity index (χ3n) is 10.6. The summed E-state index contributed by atoms with van der Waals surface area (Å²) < 4.78 is 0. The van der Waals surface area contributed by atoms with E-state index in [9.17, 15) is 15.0 Å². The van der Waals surface area contributed by atoms with Crippen molar-refractivity contribution in [3.8, 4) is 18.1 Å². The topological polar surface area (TPSA) is 60.8 Å². The fraction of sp³-hybridized carbons (Fsp3) is 0.694. The smallest absolute Gasteiger partial charge is 0.225 e. The summed E-state index contributed by atoms with van der Waals surface area (Å²) in [7, 11) is 1.98. The number of unbranched alkanes of at least 4 members (excludes halogenated alkanes) is 7. The Labute approximate surface area is 243 Å². The lowest BCUT2D eigenvalue weighted by Crippen LogP contribution is -2.48. The lowest BCUT2D eigenvalue weighted by Gasteiger charge is -2.52. The predicted octanol–water partition coefficient (Wildman–Crippen LogP) is 7.75. The summed E-state index contributed by atoms with van der Waals surface area (Å²) in [5, 5.41) is 21.8. The van der Waals surface area contributed by atoms with Crippen LogP contribution in [0.3, 0.4) is 0 Å². The summed E-state index contributed by atoms with van der Waals surface area (Å²) in [6.45, 7) is 7.47. The molecule has 0 aliphatic heterocycles. The molecule has 1 aromatic rings. The molecular formula is C36H53NO3. The van der Waals surface area contributed by atoms with Crippen LogP contribution in [0.25, 0.3) is 0 Å². The standard InChI is InChI=1S/C36H53NO3/c1-6-9-11-12-13-14-15-16-28(35(40)37(5)21-10-7-2)30-23-26-24-32(38)25(8-3)22-29(26)27-19-20-36(4)31(34(27)30)17-18-33(36)39/h3,17,22,24,27-28,30,33-34,38-39H,6-7,9-16,18-21,23H2,1-2,4-5H3/t27?,28?,30-,33+,34?,36+/m1/s1. The number of benzene rings is 1. The Balaban J connectivity index is 1.69. The van der Waals surface area contributed by atoms with Gasteiger partial charge in [0.15, 0.2) is 0 Å². The van der Waals surface area contributed by atoms with E-state index < -0.39 is 0 Å². The van der Waals surface area contributed by atoms with Crippen LogP contribution in [0.4, 0.5) is 0 Å². The number of carbonyl (C=O) groups excluding carboxylic acids is 1. The molecular weight excluding hydrogens is 494 g/mol. The zero-order valence-corrected chi connectivity index (χ0v) is 25.6. The molecule has 6 atom stereocenters. The van der Waals surface area contributed by atoms with Gasteiger partial charge in [-0.05, 0) is 79.5 Å². The molecule has 4 rings (SSSR count). The van der Waals surface area contributed by atoms with Crippen LogP contribution in [0.2, 0.25) is 0 Å². The fourth-order valence-electron chi connectivity index (χ4n) is 8.17. The molecule has 0 bridgehead atoms. The van der Waals surface area contributed by atoms with Gasteiger partial charge in [0.25, 0.3) is 0 Å². The van der Waals surface area contributed by atoms with Crippen LogP contribution in [0.1, 0.15) is 127 Å². The first-order chi connectivity index (χ1) is 19.3. The summed E-state index contributed by atoms with van der Waals surface area (Å²) in [6.07, 6.45) is 22.7. The largest absolute Gasteiger partial charge is 0.507 e. The first-order valence-electron chi connectivity index (χ1n) is 16.2. The van der Waals surface area contributed by atoms with Crippen molar-refractivity contribution in [1.29, 1.82) is 0 Å². The Morgan fingerprint density at radius 2 is 1.82 bits per heavy atom. The Hall–Kier alpha value is -2.25. The second-order valence-electron chi connectivity index (χ2n) is 13.2. The van der Waals surface area contributed by atoms with Gasteiger partial charge in [0.05, 0.1) is 11.7 Å².